The van der Waals surface area contributed by atoms with E-state index in [0.29, 0.717) is 16.9 Å². The van der Waals surface area contributed by atoms with Crippen LogP contribution in [0.5, 0.6) is 5.75 Å². The van der Waals surface area contributed by atoms with E-state index in [-0.39, 0.29) is 44.0 Å². The zero-order valence-corrected chi connectivity index (χ0v) is 21.3. The summed E-state index contributed by atoms with van der Waals surface area (Å²) in [7, 11) is 2.45. The Kier molecular flexibility index (Phi) is 7.16. The number of benzene rings is 2. The number of amides is 2. The molecule has 2 saturated heterocycles. The second-order valence-corrected chi connectivity index (χ2v) is 9.68. The lowest BCUT2D eigenvalue weighted by atomic mass is 9.74. The smallest absolute Gasteiger partial charge is 0.430 e. The molecule has 2 aromatic carbocycles. The van der Waals surface area contributed by atoms with Gasteiger partial charge in [0, 0.05) is 56.6 Å². The van der Waals surface area contributed by atoms with E-state index in [4.69, 9.17) is 14.2 Å². The number of halogens is 3. The number of likely N-dealkylation sites (tertiary alicyclic amines) is 1. The quantitative estimate of drug-likeness (QED) is 0.624. The summed E-state index contributed by atoms with van der Waals surface area (Å²) in [5.41, 5.74) is -2.41. The number of alkyl halides is 3. The van der Waals surface area contributed by atoms with Crippen LogP contribution in [0.4, 0.5) is 18.0 Å². The maximum absolute atomic E-state index is 14.6. The number of ether oxygens (including phenoxy) is 3. The van der Waals surface area contributed by atoms with Crippen LogP contribution >= 0.6 is 0 Å². The Morgan fingerprint density at radius 3 is 2.27 bits per heavy atom. The highest BCUT2D eigenvalue weighted by atomic mass is 19.4. The van der Waals surface area contributed by atoms with Gasteiger partial charge in [-0.1, -0.05) is 47.5 Å². The van der Waals surface area contributed by atoms with Gasteiger partial charge in [0.15, 0.2) is 0 Å². The van der Waals surface area contributed by atoms with E-state index >= 15 is 0 Å². The maximum atomic E-state index is 14.6. The zero-order valence-electron chi connectivity index (χ0n) is 21.3. The average molecular weight is 521 g/mol. The number of hydrogen-bond donors (Lipinski definition) is 1. The number of carbonyl (C=O) groups excluding carboxylic acids is 2. The van der Waals surface area contributed by atoms with Gasteiger partial charge < -0.3 is 24.4 Å². The van der Waals surface area contributed by atoms with Gasteiger partial charge in [-0.25, -0.2) is 4.79 Å². The van der Waals surface area contributed by atoms with Crippen molar-refractivity contribution >= 4 is 12.0 Å². The second kappa shape index (κ2) is 9.89. The van der Waals surface area contributed by atoms with Crippen molar-refractivity contribution in [2.45, 2.75) is 50.0 Å². The van der Waals surface area contributed by atoms with E-state index in [9.17, 15) is 22.8 Å². The lowest BCUT2D eigenvalue weighted by Gasteiger charge is -2.49. The Labute approximate surface area is 213 Å². The van der Waals surface area contributed by atoms with E-state index in [1.165, 1.54) is 12.1 Å². The molecule has 0 radical (unpaired) electrons. The number of para-hydroxylation sites is 1. The summed E-state index contributed by atoms with van der Waals surface area (Å²) < 4.78 is 60.3. The predicted molar refractivity (Wildman–Crippen MR) is 129 cm³/mol. The molecule has 0 aliphatic carbocycles. The van der Waals surface area contributed by atoms with Crippen molar-refractivity contribution in [3.63, 3.8) is 0 Å². The van der Waals surface area contributed by atoms with Crippen LogP contribution in [0.15, 0.2) is 42.5 Å². The van der Waals surface area contributed by atoms with Crippen LogP contribution in [0, 0.1) is 13.8 Å². The van der Waals surface area contributed by atoms with Crippen LogP contribution < -0.4 is 10.1 Å². The molecule has 0 aromatic heterocycles. The van der Waals surface area contributed by atoms with E-state index in [2.05, 4.69) is 5.32 Å². The van der Waals surface area contributed by atoms with Crippen molar-refractivity contribution in [2.24, 2.45) is 0 Å². The lowest BCUT2D eigenvalue weighted by molar-refractivity contribution is -0.271. The second-order valence-electron chi connectivity index (χ2n) is 9.68. The molecule has 200 valence electrons. The van der Waals surface area contributed by atoms with Crippen molar-refractivity contribution in [3.8, 4) is 5.75 Å². The minimum atomic E-state index is -5.00. The largest absolute Gasteiger partial charge is 0.496 e. The first-order chi connectivity index (χ1) is 17.5. The molecule has 0 bridgehead atoms. The fraction of sp³-hybridized carbons (Fsp3) is 0.481. The number of alkyl carbamates (subject to hydrolysis) is 1. The molecule has 10 heteroatoms. The van der Waals surface area contributed by atoms with Crippen LogP contribution in [-0.2, 0) is 19.9 Å². The standard InChI is InChI=1S/C27H31F3N2O5/c1-17-13-18(2)15-19(14-17)26(36-4,27(28,29)30)23(33)32-11-9-25(10-12-32)21(16-31-24(34)37-25)20-7-5-6-8-22(20)35-3/h5-8,13-15,21H,9-12,16H2,1-4H3,(H,31,34)/t21-,26-/m1/s1. The van der Waals surface area contributed by atoms with Crippen LogP contribution in [0.25, 0.3) is 0 Å². The monoisotopic (exact) mass is 520 g/mol. The number of rotatable bonds is 5. The molecule has 2 fully saturated rings. The van der Waals surface area contributed by atoms with Crippen LogP contribution in [0.3, 0.4) is 0 Å². The molecule has 2 aliphatic heterocycles. The van der Waals surface area contributed by atoms with Crippen LogP contribution in [-0.4, -0.2) is 62.5 Å². The van der Waals surface area contributed by atoms with Gasteiger partial charge in [0.2, 0.25) is 0 Å². The summed E-state index contributed by atoms with van der Waals surface area (Å²) >= 11 is 0. The van der Waals surface area contributed by atoms with Gasteiger partial charge in [-0.05, 0) is 19.9 Å². The predicted octanol–water partition coefficient (Wildman–Crippen LogP) is 4.60. The summed E-state index contributed by atoms with van der Waals surface area (Å²) in [5.74, 6) is -0.875. The first-order valence-corrected chi connectivity index (χ1v) is 12.1. The normalized spacial score (nSPS) is 21.1. The van der Waals surface area contributed by atoms with Gasteiger partial charge in [0.1, 0.15) is 11.4 Å². The molecule has 2 aromatic rings. The first kappa shape index (κ1) is 26.8. The summed E-state index contributed by atoms with van der Waals surface area (Å²) in [4.78, 5) is 27.1. The first-order valence-electron chi connectivity index (χ1n) is 12.1. The third-order valence-electron chi connectivity index (χ3n) is 7.43. The van der Waals surface area contributed by atoms with E-state index in [0.717, 1.165) is 17.6 Å². The van der Waals surface area contributed by atoms with Crippen molar-refractivity contribution < 1.29 is 37.0 Å². The van der Waals surface area contributed by atoms with Crippen LogP contribution in [0.2, 0.25) is 0 Å². The van der Waals surface area contributed by atoms with E-state index in [1.807, 2.05) is 18.2 Å². The van der Waals surface area contributed by atoms with Crippen molar-refractivity contribution in [1.29, 1.82) is 0 Å². The number of piperidine rings is 1. The third-order valence-corrected chi connectivity index (χ3v) is 7.43. The highest BCUT2D eigenvalue weighted by Gasteiger charge is 2.64. The molecule has 7 nitrogen and oxygen atoms in total. The minimum Gasteiger partial charge on any atom is -0.496 e. The van der Waals surface area contributed by atoms with Gasteiger partial charge in [-0.3, -0.25) is 4.79 Å². The van der Waals surface area contributed by atoms with Crippen molar-refractivity contribution in [3.05, 3.63) is 64.7 Å². The molecule has 0 saturated carbocycles. The molecule has 0 unspecified atom stereocenters. The summed E-state index contributed by atoms with van der Waals surface area (Å²) in [6.45, 7) is 3.55. The highest BCUT2D eigenvalue weighted by molar-refractivity contribution is 5.88. The number of nitrogens with zero attached hydrogens (tertiary/aromatic N) is 1. The van der Waals surface area contributed by atoms with Gasteiger partial charge in [0.25, 0.3) is 11.5 Å². The molecule has 2 atom stereocenters. The maximum Gasteiger partial charge on any atom is 0.430 e. The number of hydrogen-bond acceptors (Lipinski definition) is 5. The molecule has 2 aliphatic rings. The SMILES string of the molecule is COc1ccccc1[C@H]1CNC(=O)OC12CCN(C(=O)[C@](OC)(c1cc(C)cc(C)c1)C(F)(F)F)CC2. The Morgan fingerprint density at radius 2 is 1.70 bits per heavy atom. The number of nitrogens with one attached hydrogen (secondary N) is 1. The van der Waals surface area contributed by atoms with Gasteiger partial charge >= 0.3 is 12.3 Å². The number of aryl methyl sites for hydroxylation is 2. The molecule has 2 heterocycles. The fourth-order valence-electron chi connectivity index (χ4n) is 5.68. The van der Waals surface area contributed by atoms with E-state index < -0.39 is 29.4 Å². The van der Waals surface area contributed by atoms with Crippen LogP contribution in [0.1, 0.15) is 41.0 Å². The molecule has 4 rings (SSSR count). The Hall–Kier alpha value is -3.27. The minimum absolute atomic E-state index is 0.0379. The molecule has 1 spiro atoms. The zero-order chi connectivity index (χ0) is 27.0. The van der Waals surface area contributed by atoms with E-state index in [1.54, 1.807) is 33.1 Å². The third kappa shape index (κ3) is 4.63. The van der Waals surface area contributed by atoms with Gasteiger partial charge in [-0.15, -0.1) is 0 Å². The summed E-state index contributed by atoms with van der Waals surface area (Å²) in [6.07, 6.45) is -5.27. The number of carbonyl (C=O) groups is 2. The Morgan fingerprint density at radius 1 is 1.08 bits per heavy atom. The molecule has 2 amide bonds. The highest BCUT2D eigenvalue weighted by Crippen LogP contribution is 2.47. The lowest BCUT2D eigenvalue weighted by Crippen LogP contribution is -2.62. The van der Waals surface area contributed by atoms with Crippen molar-refractivity contribution in [2.75, 3.05) is 33.9 Å². The Balaban J connectivity index is 1.66. The Bertz CT molecular complexity index is 1160. The average Bonchev–Trinajstić information content (AvgIpc) is 2.84. The van der Waals surface area contributed by atoms with Gasteiger partial charge in [0.05, 0.1) is 7.11 Å². The molecule has 37 heavy (non-hydrogen) atoms. The summed E-state index contributed by atoms with van der Waals surface area (Å²) in [5, 5.41) is 2.71. The molecule has 1 N–H and O–H groups in total. The topological polar surface area (TPSA) is 77.1 Å². The van der Waals surface area contributed by atoms with Gasteiger partial charge in [-0.2, -0.15) is 13.2 Å². The van der Waals surface area contributed by atoms with Crippen molar-refractivity contribution in [1.82, 2.24) is 10.2 Å². The molecular weight excluding hydrogens is 489 g/mol. The fourth-order valence-corrected chi connectivity index (χ4v) is 5.68. The molecular formula is C27H31F3N2O5. The summed E-state index contributed by atoms with van der Waals surface area (Å²) in [6, 6.07) is 11.8. The number of methoxy groups -OCH3 is 2.